The summed E-state index contributed by atoms with van der Waals surface area (Å²) in [6.45, 7) is 2.32. The molecular weight excluding hydrogens is 416 g/mol. The van der Waals surface area contributed by atoms with Gasteiger partial charge in [-0.3, -0.25) is 9.59 Å². The molecular formula is C19H19BrN2O3S. The summed E-state index contributed by atoms with van der Waals surface area (Å²) >= 11 is 4.72. The number of amides is 2. The molecule has 5 nitrogen and oxygen atoms in total. The highest BCUT2D eigenvalue weighted by atomic mass is 79.9. The van der Waals surface area contributed by atoms with Gasteiger partial charge in [0.2, 0.25) is 5.91 Å². The van der Waals surface area contributed by atoms with Crippen molar-refractivity contribution in [1.82, 2.24) is 5.32 Å². The van der Waals surface area contributed by atoms with E-state index in [4.69, 9.17) is 4.74 Å². The van der Waals surface area contributed by atoms with Crippen molar-refractivity contribution in [3.63, 3.8) is 0 Å². The molecule has 2 heterocycles. The Morgan fingerprint density at radius 3 is 2.62 bits per heavy atom. The minimum atomic E-state index is -0.131. The summed E-state index contributed by atoms with van der Waals surface area (Å²) in [4.78, 5) is 25.3. The number of halogens is 1. The molecule has 2 atom stereocenters. The lowest BCUT2D eigenvalue weighted by molar-refractivity contribution is -0.115. The van der Waals surface area contributed by atoms with Gasteiger partial charge in [-0.2, -0.15) is 0 Å². The van der Waals surface area contributed by atoms with E-state index >= 15 is 0 Å². The Labute approximate surface area is 164 Å². The first kappa shape index (κ1) is 17.7. The fourth-order valence-corrected chi connectivity index (χ4v) is 4.55. The van der Waals surface area contributed by atoms with Crippen molar-refractivity contribution in [1.29, 1.82) is 0 Å². The SMILES string of the molecule is O=C(Cc1ccc(Br)cc1)Nc1ccsc1C(=O)NCC1C2COCC12. The van der Waals surface area contributed by atoms with Crippen molar-refractivity contribution in [3.8, 4) is 0 Å². The van der Waals surface area contributed by atoms with Crippen LogP contribution in [0, 0.1) is 17.8 Å². The van der Waals surface area contributed by atoms with Crippen LogP contribution in [-0.2, 0) is 16.0 Å². The normalized spacial score (nSPS) is 23.3. The summed E-state index contributed by atoms with van der Waals surface area (Å²) in [7, 11) is 0. The van der Waals surface area contributed by atoms with Gasteiger partial charge in [0.25, 0.3) is 5.91 Å². The maximum absolute atomic E-state index is 12.5. The number of nitrogens with one attached hydrogen (secondary N) is 2. The third kappa shape index (κ3) is 3.84. The molecule has 4 rings (SSSR count). The van der Waals surface area contributed by atoms with Crippen molar-refractivity contribution in [3.05, 3.63) is 50.6 Å². The van der Waals surface area contributed by atoms with Crippen LogP contribution in [0.5, 0.6) is 0 Å². The van der Waals surface area contributed by atoms with Crippen LogP contribution in [0.4, 0.5) is 5.69 Å². The lowest BCUT2D eigenvalue weighted by Gasteiger charge is -2.09. The van der Waals surface area contributed by atoms with E-state index in [1.165, 1.54) is 11.3 Å². The second-order valence-electron chi connectivity index (χ2n) is 6.75. The lowest BCUT2D eigenvalue weighted by atomic mass is 10.1. The first-order chi connectivity index (χ1) is 12.6. The average Bonchev–Trinajstić information content (AvgIpc) is 2.98. The highest BCUT2D eigenvalue weighted by molar-refractivity contribution is 9.10. The Morgan fingerprint density at radius 1 is 1.15 bits per heavy atom. The zero-order valence-corrected chi connectivity index (χ0v) is 16.4. The summed E-state index contributed by atoms with van der Waals surface area (Å²) in [6, 6.07) is 9.40. The highest BCUT2D eigenvalue weighted by Gasteiger charge is 2.53. The van der Waals surface area contributed by atoms with Gasteiger partial charge < -0.3 is 15.4 Å². The number of hydrogen-bond donors (Lipinski definition) is 2. The molecule has 1 aromatic carbocycles. The number of hydrogen-bond acceptors (Lipinski definition) is 4. The molecule has 2 aromatic rings. The number of fused-ring (bicyclic) bond motifs is 1. The number of anilines is 1. The molecule has 136 valence electrons. The predicted molar refractivity (Wildman–Crippen MR) is 104 cm³/mol. The van der Waals surface area contributed by atoms with Crippen LogP contribution in [0.25, 0.3) is 0 Å². The number of carbonyl (C=O) groups is 2. The topological polar surface area (TPSA) is 67.4 Å². The molecule has 2 unspecified atom stereocenters. The zero-order valence-electron chi connectivity index (χ0n) is 14.0. The first-order valence-electron chi connectivity index (χ1n) is 8.59. The van der Waals surface area contributed by atoms with E-state index in [0.29, 0.717) is 34.9 Å². The zero-order chi connectivity index (χ0) is 18.1. The van der Waals surface area contributed by atoms with Gasteiger partial charge in [-0.25, -0.2) is 0 Å². The van der Waals surface area contributed by atoms with Crippen molar-refractivity contribution in [2.45, 2.75) is 6.42 Å². The second-order valence-corrected chi connectivity index (χ2v) is 8.59. The molecule has 1 saturated heterocycles. The monoisotopic (exact) mass is 434 g/mol. The van der Waals surface area contributed by atoms with Crippen LogP contribution >= 0.6 is 27.3 Å². The maximum Gasteiger partial charge on any atom is 0.263 e. The van der Waals surface area contributed by atoms with Crippen molar-refractivity contribution in [2.75, 3.05) is 25.1 Å². The predicted octanol–water partition coefficient (Wildman–Crippen LogP) is 3.31. The average molecular weight is 435 g/mol. The smallest absolute Gasteiger partial charge is 0.263 e. The van der Waals surface area contributed by atoms with Gasteiger partial charge in [0.15, 0.2) is 0 Å². The molecule has 1 aliphatic heterocycles. The molecule has 2 fully saturated rings. The molecule has 2 aliphatic rings. The Hall–Kier alpha value is -1.70. The van der Waals surface area contributed by atoms with E-state index in [9.17, 15) is 9.59 Å². The van der Waals surface area contributed by atoms with E-state index in [2.05, 4.69) is 26.6 Å². The van der Waals surface area contributed by atoms with Gasteiger partial charge in [-0.1, -0.05) is 28.1 Å². The van der Waals surface area contributed by atoms with Crippen LogP contribution in [-0.4, -0.2) is 31.6 Å². The molecule has 1 aliphatic carbocycles. The number of thiophene rings is 1. The standard InChI is InChI=1S/C19H19BrN2O3S/c20-12-3-1-11(2-4-12)7-17(23)22-16-5-6-26-18(16)19(24)21-8-13-14-9-25-10-15(13)14/h1-6,13-15H,7-10H2,(H,21,24)(H,22,23). The Balaban J connectivity index is 1.31. The van der Waals surface area contributed by atoms with E-state index in [-0.39, 0.29) is 18.2 Å². The molecule has 1 saturated carbocycles. The molecule has 7 heteroatoms. The quantitative estimate of drug-likeness (QED) is 0.732. The summed E-state index contributed by atoms with van der Waals surface area (Å²) in [5, 5.41) is 7.68. The molecule has 2 amide bonds. The van der Waals surface area contributed by atoms with Gasteiger partial charge in [0.05, 0.1) is 25.3 Å². The first-order valence-corrected chi connectivity index (χ1v) is 10.3. The number of carbonyl (C=O) groups excluding carboxylic acids is 2. The van der Waals surface area contributed by atoms with Crippen LogP contribution < -0.4 is 10.6 Å². The Kier molecular flexibility index (Phi) is 5.11. The minimum Gasteiger partial charge on any atom is -0.381 e. The molecule has 0 spiro atoms. The third-order valence-electron chi connectivity index (χ3n) is 5.05. The number of benzene rings is 1. The maximum atomic E-state index is 12.5. The van der Waals surface area contributed by atoms with E-state index in [1.54, 1.807) is 6.07 Å². The molecule has 0 bridgehead atoms. The van der Waals surface area contributed by atoms with Gasteiger partial charge in [0, 0.05) is 11.0 Å². The largest absolute Gasteiger partial charge is 0.381 e. The number of ether oxygens (including phenoxy) is 1. The molecule has 2 N–H and O–H groups in total. The minimum absolute atomic E-state index is 0.121. The summed E-state index contributed by atoms with van der Waals surface area (Å²) in [6.07, 6.45) is 0.273. The van der Waals surface area contributed by atoms with E-state index in [0.717, 1.165) is 23.2 Å². The third-order valence-corrected chi connectivity index (χ3v) is 6.49. The van der Waals surface area contributed by atoms with Crippen LogP contribution in [0.1, 0.15) is 15.2 Å². The van der Waals surface area contributed by atoms with Crippen molar-refractivity contribution in [2.24, 2.45) is 17.8 Å². The van der Waals surface area contributed by atoms with Gasteiger partial charge >= 0.3 is 0 Å². The van der Waals surface area contributed by atoms with E-state index < -0.39 is 0 Å². The van der Waals surface area contributed by atoms with E-state index in [1.807, 2.05) is 29.6 Å². The van der Waals surface area contributed by atoms with Crippen LogP contribution in [0.15, 0.2) is 40.2 Å². The summed E-state index contributed by atoms with van der Waals surface area (Å²) in [5.41, 5.74) is 1.50. The number of rotatable bonds is 6. The molecule has 26 heavy (non-hydrogen) atoms. The lowest BCUT2D eigenvalue weighted by Crippen LogP contribution is -2.27. The molecule has 1 aromatic heterocycles. The van der Waals surface area contributed by atoms with Crippen molar-refractivity contribution < 1.29 is 14.3 Å². The van der Waals surface area contributed by atoms with Crippen LogP contribution in [0.3, 0.4) is 0 Å². The summed E-state index contributed by atoms with van der Waals surface area (Å²) in [5.74, 6) is 1.52. The summed E-state index contributed by atoms with van der Waals surface area (Å²) < 4.78 is 6.35. The Bertz CT molecular complexity index is 810. The fraction of sp³-hybridized carbons (Fsp3) is 0.368. The van der Waals surface area contributed by atoms with Crippen molar-refractivity contribution >= 4 is 44.8 Å². The Morgan fingerprint density at radius 2 is 1.88 bits per heavy atom. The van der Waals surface area contributed by atoms with Crippen LogP contribution in [0.2, 0.25) is 0 Å². The van der Waals surface area contributed by atoms with Gasteiger partial charge in [-0.05, 0) is 46.9 Å². The second kappa shape index (κ2) is 7.50. The fourth-order valence-electron chi connectivity index (χ4n) is 3.52. The van der Waals surface area contributed by atoms with Gasteiger partial charge in [0.1, 0.15) is 4.88 Å². The van der Waals surface area contributed by atoms with Gasteiger partial charge in [-0.15, -0.1) is 11.3 Å². The molecule has 0 radical (unpaired) electrons. The highest BCUT2D eigenvalue weighted by Crippen LogP contribution is 2.50.